The minimum Gasteiger partial charge on any atom is -0.415 e. The van der Waals surface area contributed by atoms with E-state index >= 15 is 0 Å². The summed E-state index contributed by atoms with van der Waals surface area (Å²) in [6.45, 7) is 3.81. The van der Waals surface area contributed by atoms with Crippen LogP contribution in [0.4, 0.5) is 14.5 Å². The second-order valence-electron chi connectivity index (χ2n) is 8.89. The van der Waals surface area contributed by atoms with Crippen LogP contribution in [0.25, 0.3) is 0 Å². The Morgan fingerprint density at radius 2 is 1.88 bits per heavy atom. The lowest BCUT2D eigenvalue weighted by molar-refractivity contribution is -0.159. The van der Waals surface area contributed by atoms with Gasteiger partial charge in [0.05, 0.1) is 19.1 Å². The molecule has 33 heavy (non-hydrogen) atoms. The number of pyridine rings is 1. The minimum absolute atomic E-state index is 0.0366. The van der Waals surface area contributed by atoms with Gasteiger partial charge < -0.3 is 19.7 Å². The maximum absolute atomic E-state index is 13.7. The van der Waals surface area contributed by atoms with E-state index in [1.807, 2.05) is 38.1 Å². The van der Waals surface area contributed by atoms with E-state index in [2.05, 4.69) is 15.0 Å². The van der Waals surface area contributed by atoms with E-state index in [1.54, 1.807) is 17.9 Å². The van der Waals surface area contributed by atoms with Crippen molar-refractivity contribution in [1.29, 1.82) is 0 Å². The summed E-state index contributed by atoms with van der Waals surface area (Å²) in [5.74, 6) is -0.808. The van der Waals surface area contributed by atoms with Crippen molar-refractivity contribution in [2.75, 3.05) is 31.6 Å². The summed E-state index contributed by atoms with van der Waals surface area (Å²) < 4.78 is 35.5. The number of nitrogens with zero attached hydrogens (tertiary/aromatic N) is 2. The number of hydrogen-bond acceptors (Lipinski definition) is 5. The van der Waals surface area contributed by atoms with Crippen molar-refractivity contribution in [3.8, 4) is 5.88 Å². The van der Waals surface area contributed by atoms with Crippen LogP contribution in [0.3, 0.4) is 0 Å². The minimum atomic E-state index is -3.08. The van der Waals surface area contributed by atoms with Crippen molar-refractivity contribution in [3.05, 3.63) is 53.2 Å². The van der Waals surface area contributed by atoms with Gasteiger partial charge in [0.2, 0.25) is 17.7 Å². The molecular weight excluding hydrogens is 432 g/mol. The molecule has 3 heterocycles. The number of aryl methyl sites for hydroxylation is 1. The van der Waals surface area contributed by atoms with Gasteiger partial charge in [-0.05, 0) is 36.1 Å². The molecule has 0 radical (unpaired) electrons. The number of aromatic nitrogens is 1. The molecule has 1 N–H and O–H groups in total. The van der Waals surface area contributed by atoms with Crippen LogP contribution in [0.2, 0.25) is 0 Å². The Labute approximate surface area is 191 Å². The van der Waals surface area contributed by atoms with Crippen molar-refractivity contribution in [3.63, 3.8) is 0 Å². The second kappa shape index (κ2) is 9.05. The van der Waals surface area contributed by atoms with Crippen LogP contribution in [0.5, 0.6) is 5.88 Å². The van der Waals surface area contributed by atoms with Crippen LogP contribution in [0.15, 0.2) is 36.4 Å². The second-order valence-corrected chi connectivity index (χ2v) is 8.89. The van der Waals surface area contributed by atoms with E-state index in [-0.39, 0.29) is 42.4 Å². The average Bonchev–Trinajstić information content (AvgIpc) is 2.68. The fourth-order valence-corrected chi connectivity index (χ4v) is 4.31. The highest BCUT2D eigenvalue weighted by Gasteiger charge is 2.54. The van der Waals surface area contributed by atoms with E-state index < -0.39 is 17.9 Å². The molecule has 0 atom stereocenters. The van der Waals surface area contributed by atoms with Crippen molar-refractivity contribution >= 4 is 17.5 Å². The quantitative estimate of drug-likeness (QED) is 0.686. The maximum atomic E-state index is 13.7. The Bertz CT molecular complexity index is 1050. The molecule has 2 amide bonds. The molecule has 1 aromatic heterocycles. The van der Waals surface area contributed by atoms with Gasteiger partial charge in [-0.15, -0.1) is 0 Å². The Balaban J connectivity index is 1.67. The van der Waals surface area contributed by atoms with Crippen LogP contribution >= 0.6 is 0 Å². The first-order chi connectivity index (χ1) is 15.7. The SMILES string of the molecule is Cc1ccc(NC(=O)C2(c3ccccc3C(C)C)CN(C(=O)C3COC3)C2)c(OC(F)F)n1. The molecule has 0 bridgehead atoms. The van der Waals surface area contributed by atoms with Crippen LogP contribution < -0.4 is 10.1 Å². The van der Waals surface area contributed by atoms with E-state index in [9.17, 15) is 18.4 Å². The van der Waals surface area contributed by atoms with E-state index in [0.717, 1.165) is 11.1 Å². The summed E-state index contributed by atoms with van der Waals surface area (Å²) in [4.78, 5) is 32.1. The topological polar surface area (TPSA) is 80.8 Å². The number of carbonyl (C=O) groups excluding carboxylic acids is 2. The van der Waals surface area contributed by atoms with Gasteiger partial charge in [0, 0.05) is 18.8 Å². The summed E-state index contributed by atoms with van der Waals surface area (Å²) >= 11 is 0. The lowest BCUT2D eigenvalue weighted by Crippen LogP contribution is -2.68. The molecule has 2 aliphatic rings. The van der Waals surface area contributed by atoms with Gasteiger partial charge in [0.1, 0.15) is 11.1 Å². The first-order valence-corrected chi connectivity index (χ1v) is 10.9. The molecule has 2 aliphatic heterocycles. The zero-order valence-electron chi connectivity index (χ0n) is 18.8. The molecule has 2 saturated heterocycles. The number of carbonyl (C=O) groups is 2. The molecule has 176 valence electrons. The van der Waals surface area contributed by atoms with Crippen LogP contribution in [0, 0.1) is 12.8 Å². The van der Waals surface area contributed by atoms with Gasteiger partial charge in [-0.3, -0.25) is 9.59 Å². The molecule has 0 spiro atoms. The molecule has 7 nitrogen and oxygen atoms in total. The molecule has 0 unspecified atom stereocenters. The first-order valence-electron chi connectivity index (χ1n) is 10.9. The largest absolute Gasteiger partial charge is 0.415 e. The standard InChI is InChI=1S/C24H27F2N3O4/c1-14(2)17-6-4-5-7-18(17)24(12-29(13-24)21(30)16-10-32-11-16)22(31)28-19-9-8-15(3)27-20(19)33-23(25)26/h4-9,14,16,23H,10-13H2,1-3H3,(H,28,31). The predicted molar refractivity (Wildman–Crippen MR) is 117 cm³/mol. The van der Waals surface area contributed by atoms with E-state index in [1.165, 1.54) is 6.07 Å². The molecule has 0 saturated carbocycles. The van der Waals surface area contributed by atoms with Crippen molar-refractivity contribution in [1.82, 2.24) is 9.88 Å². The van der Waals surface area contributed by atoms with Crippen molar-refractivity contribution in [2.45, 2.75) is 38.7 Å². The number of anilines is 1. The van der Waals surface area contributed by atoms with Gasteiger partial charge in [-0.25, -0.2) is 4.98 Å². The zero-order valence-corrected chi connectivity index (χ0v) is 18.8. The van der Waals surface area contributed by atoms with Crippen LogP contribution in [-0.4, -0.2) is 54.6 Å². The monoisotopic (exact) mass is 459 g/mol. The summed E-state index contributed by atoms with van der Waals surface area (Å²) in [5.41, 5.74) is 1.34. The smallest absolute Gasteiger partial charge is 0.388 e. The lowest BCUT2D eigenvalue weighted by atomic mass is 9.69. The fraction of sp³-hybridized carbons (Fsp3) is 0.458. The Kier molecular flexibility index (Phi) is 6.34. The number of likely N-dealkylation sites (tertiary alicyclic amines) is 1. The van der Waals surface area contributed by atoms with Crippen molar-refractivity contribution < 1.29 is 27.8 Å². The summed E-state index contributed by atoms with van der Waals surface area (Å²) in [6, 6.07) is 10.7. The molecule has 2 aromatic rings. The lowest BCUT2D eigenvalue weighted by Gasteiger charge is -2.51. The number of hydrogen-bond donors (Lipinski definition) is 1. The number of ether oxygens (including phenoxy) is 2. The number of alkyl halides is 2. The Morgan fingerprint density at radius 3 is 2.48 bits per heavy atom. The van der Waals surface area contributed by atoms with Crippen LogP contribution in [-0.2, 0) is 19.7 Å². The Morgan fingerprint density at radius 1 is 1.18 bits per heavy atom. The van der Waals surface area contributed by atoms with Crippen LogP contribution in [0.1, 0.15) is 36.6 Å². The maximum Gasteiger partial charge on any atom is 0.388 e. The van der Waals surface area contributed by atoms with Gasteiger partial charge in [0.15, 0.2) is 0 Å². The predicted octanol–water partition coefficient (Wildman–Crippen LogP) is 3.48. The van der Waals surface area contributed by atoms with Gasteiger partial charge >= 0.3 is 6.61 Å². The van der Waals surface area contributed by atoms with Gasteiger partial charge in [-0.2, -0.15) is 8.78 Å². The highest BCUT2D eigenvalue weighted by Crippen LogP contribution is 2.41. The molecule has 4 rings (SSSR count). The molecule has 9 heteroatoms. The first kappa shape index (κ1) is 23.1. The van der Waals surface area contributed by atoms with E-state index in [0.29, 0.717) is 18.9 Å². The third-order valence-corrected chi connectivity index (χ3v) is 6.20. The third-order valence-electron chi connectivity index (χ3n) is 6.20. The number of nitrogens with one attached hydrogen (secondary N) is 1. The highest BCUT2D eigenvalue weighted by atomic mass is 19.3. The fourth-order valence-electron chi connectivity index (χ4n) is 4.31. The number of rotatable bonds is 7. The normalized spacial score (nSPS) is 17.5. The average molecular weight is 459 g/mol. The summed E-state index contributed by atoms with van der Waals surface area (Å²) in [5, 5.41) is 2.74. The zero-order chi connectivity index (χ0) is 23.8. The summed E-state index contributed by atoms with van der Waals surface area (Å²) in [6.07, 6.45) is 0. The molecule has 0 aliphatic carbocycles. The Hall–Kier alpha value is -3.07. The molecular formula is C24H27F2N3O4. The third kappa shape index (κ3) is 4.42. The van der Waals surface area contributed by atoms with Gasteiger partial charge in [0.25, 0.3) is 0 Å². The van der Waals surface area contributed by atoms with Crippen molar-refractivity contribution in [2.24, 2.45) is 5.92 Å². The molecule has 2 fully saturated rings. The number of benzene rings is 1. The number of amides is 2. The summed E-state index contributed by atoms with van der Waals surface area (Å²) in [7, 11) is 0. The van der Waals surface area contributed by atoms with Gasteiger partial charge in [-0.1, -0.05) is 38.1 Å². The molecule has 1 aromatic carbocycles. The van der Waals surface area contributed by atoms with E-state index in [4.69, 9.17) is 4.74 Å². The highest BCUT2D eigenvalue weighted by molar-refractivity contribution is 6.02. The number of halogens is 2.